The molecule has 2 rings (SSSR count). The van der Waals surface area contributed by atoms with Crippen LogP contribution in [0.5, 0.6) is 0 Å². The highest BCUT2D eigenvalue weighted by Gasteiger charge is 2.34. The van der Waals surface area contributed by atoms with Gasteiger partial charge in [0.2, 0.25) is 0 Å². The number of rotatable bonds is 0. The van der Waals surface area contributed by atoms with Crippen LogP contribution in [0.1, 0.15) is 25.1 Å². The Kier molecular flexibility index (Phi) is 1.35. The molecule has 12 heavy (non-hydrogen) atoms. The monoisotopic (exact) mass is 166 g/mol. The van der Waals surface area contributed by atoms with Gasteiger partial charge < -0.3 is 9.72 Å². The van der Waals surface area contributed by atoms with Crippen molar-refractivity contribution in [2.45, 2.75) is 26.1 Å². The second-order valence-electron chi connectivity index (χ2n) is 3.35. The smallest absolute Gasteiger partial charge is 0.257 e. The zero-order valence-corrected chi connectivity index (χ0v) is 7.05. The van der Waals surface area contributed by atoms with E-state index in [-0.39, 0.29) is 5.56 Å². The molecule has 0 aromatic carbocycles. The first-order chi connectivity index (χ1) is 5.61. The van der Waals surface area contributed by atoms with Gasteiger partial charge in [0.1, 0.15) is 0 Å². The molecule has 0 amide bonds. The Morgan fingerprint density at radius 2 is 2.42 bits per heavy atom. The number of nitrogens with one attached hydrogen (secondary N) is 1. The lowest BCUT2D eigenvalue weighted by Gasteiger charge is -2.15. The summed E-state index contributed by atoms with van der Waals surface area (Å²) >= 11 is 0. The van der Waals surface area contributed by atoms with Crippen LogP contribution >= 0.6 is 0 Å². The maximum atomic E-state index is 11.4. The van der Waals surface area contributed by atoms with Gasteiger partial charge in [0.15, 0.2) is 0 Å². The molecule has 2 heterocycles. The van der Waals surface area contributed by atoms with Crippen molar-refractivity contribution in [2.24, 2.45) is 0 Å². The molecule has 0 bridgehead atoms. The number of hydrogen-bond donors (Lipinski definition) is 1. The van der Waals surface area contributed by atoms with Crippen LogP contribution in [-0.4, -0.2) is 9.97 Å². The first-order valence-corrected chi connectivity index (χ1v) is 3.82. The van der Waals surface area contributed by atoms with E-state index in [1.165, 1.54) is 6.33 Å². The molecule has 0 aliphatic carbocycles. The largest absolute Gasteiger partial charge is 0.364 e. The molecule has 1 aliphatic rings. The van der Waals surface area contributed by atoms with E-state index in [1.807, 2.05) is 13.8 Å². The molecule has 0 saturated heterocycles. The van der Waals surface area contributed by atoms with Crippen LogP contribution in [0.25, 0.3) is 0 Å². The highest BCUT2D eigenvalue weighted by atomic mass is 16.5. The molecule has 64 valence electrons. The maximum Gasteiger partial charge on any atom is 0.257 e. The van der Waals surface area contributed by atoms with Crippen molar-refractivity contribution in [3.63, 3.8) is 0 Å². The van der Waals surface area contributed by atoms with E-state index in [4.69, 9.17) is 4.74 Å². The second-order valence-corrected chi connectivity index (χ2v) is 3.35. The van der Waals surface area contributed by atoms with Crippen molar-refractivity contribution < 1.29 is 4.74 Å². The van der Waals surface area contributed by atoms with Gasteiger partial charge in [-0.25, -0.2) is 4.98 Å². The summed E-state index contributed by atoms with van der Waals surface area (Å²) in [6, 6.07) is 0. The van der Waals surface area contributed by atoms with Gasteiger partial charge in [-0.15, -0.1) is 0 Å². The van der Waals surface area contributed by atoms with Gasteiger partial charge in [-0.1, -0.05) is 0 Å². The number of H-pyrrole nitrogens is 1. The quantitative estimate of drug-likeness (QED) is 0.611. The van der Waals surface area contributed by atoms with Crippen molar-refractivity contribution in [1.82, 2.24) is 9.97 Å². The van der Waals surface area contributed by atoms with Crippen LogP contribution in [0.3, 0.4) is 0 Å². The van der Waals surface area contributed by atoms with Crippen LogP contribution in [0.15, 0.2) is 11.1 Å². The van der Waals surface area contributed by atoms with E-state index in [0.29, 0.717) is 12.2 Å². The summed E-state index contributed by atoms with van der Waals surface area (Å²) in [5, 5.41) is 0. The van der Waals surface area contributed by atoms with E-state index in [1.54, 1.807) is 0 Å². The molecule has 0 atom stereocenters. The summed E-state index contributed by atoms with van der Waals surface area (Å²) in [6.07, 6.45) is 1.41. The standard InChI is InChI=1S/C8H10N2O2/c1-8(2)6-5(3-12-8)9-4-10-7(6)11/h4H,3H2,1-2H3,(H,9,10,11). The Balaban J connectivity index is 2.72. The zero-order valence-electron chi connectivity index (χ0n) is 7.05. The summed E-state index contributed by atoms with van der Waals surface area (Å²) in [5.41, 5.74) is 0.827. The van der Waals surface area contributed by atoms with Crippen molar-refractivity contribution in [2.75, 3.05) is 0 Å². The summed E-state index contributed by atoms with van der Waals surface area (Å²) in [7, 11) is 0. The van der Waals surface area contributed by atoms with Gasteiger partial charge in [0.25, 0.3) is 5.56 Å². The summed E-state index contributed by atoms with van der Waals surface area (Å²) in [4.78, 5) is 17.9. The Bertz CT molecular complexity index is 368. The number of nitrogens with zero attached hydrogens (tertiary/aromatic N) is 1. The SMILES string of the molecule is CC1(C)OCc2nc[nH]c(=O)c21. The van der Waals surface area contributed by atoms with Crippen molar-refractivity contribution in [3.8, 4) is 0 Å². The number of ether oxygens (including phenoxy) is 1. The fourth-order valence-electron chi connectivity index (χ4n) is 1.49. The summed E-state index contributed by atoms with van der Waals surface area (Å²) in [6.45, 7) is 4.18. The molecule has 4 nitrogen and oxygen atoms in total. The Morgan fingerprint density at radius 3 is 3.08 bits per heavy atom. The summed E-state index contributed by atoms with van der Waals surface area (Å²) < 4.78 is 5.41. The lowest BCUT2D eigenvalue weighted by Crippen LogP contribution is -2.25. The molecule has 0 radical (unpaired) electrons. The highest BCUT2D eigenvalue weighted by molar-refractivity contribution is 5.25. The van der Waals surface area contributed by atoms with E-state index in [9.17, 15) is 4.79 Å². The van der Waals surface area contributed by atoms with Crippen LogP contribution in [0.4, 0.5) is 0 Å². The predicted molar refractivity (Wildman–Crippen MR) is 42.7 cm³/mol. The third kappa shape index (κ3) is 0.881. The van der Waals surface area contributed by atoms with Crippen LogP contribution < -0.4 is 5.56 Å². The third-order valence-corrected chi connectivity index (χ3v) is 2.10. The average molecular weight is 166 g/mol. The molecular weight excluding hydrogens is 156 g/mol. The molecule has 0 unspecified atom stereocenters. The van der Waals surface area contributed by atoms with Gasteiger partial charge in [0.05, 0.1) is 29.8 Å². The van der Waals surface area contributed by atoms with E-state index >= 15 is 0 Å². The predicted octanol–water partition coefficient (Wildman–Crippen LogP) is 0.535. The van der Waals surface area contributed by atoms with Crippen molar-refractivity contribution >= 4 is 0 Å². The third-order valence-electron chi connectivity index (χ3n) is 2.10. The van der Waals surface area contributed by atoms with E-state index in [0.717, 1.165) is 5.69 Å². The summed E-state index contributed by atoms with van der Waals surface area (Å²) in [5.74, 6) is 0. The van der Waals surface area contributed by atoms with Gasteiger partial charge in [-0.3, -0.25) is 4.79 Å². The van der Waals surface area contributed by atoms with Gasteiger partial charge >= 0.3 is 0 Å². The molecule has 1 N–H and O–H groups in total. The van der Waals surface area contributed by atoms with Crippen LogP contribution in [0.2, 0.25) is 0 Å². The first kappa shape index (κ1) is 7.49. The van der Waals surface area contributed by atoms with E-state index < -0.39 is 5.60 Å². The second kappa shape index (κ2) is 2.17. The fourth-order valence-corrected chi connectivity index (χ4v) is 1.49. The zero-order chi connectivity index (χ0) is 8.77. The topological polar surface area (TPSA) is 55.0 Å². The van der Waals surface area contributed by atoms with Crippen LogP contribution in [0, 0.1) is 0 Å². The number of aromatic nitrogens is 2. The molecule has 1 aromatic heterocycles. The molecule has 1 aromatic rings. The molecule has 4 heteroatoms. The minimum absolute atomic E-state index is 0.0949. The number of fused-ring (bicyclic) bond motifs is 1. The maximum absolute atomic E-state index is 11.4. The molecule has 0 fully saturated rings. The fraction of sp³-hybridized carbons (Fsp3) is 0.500. The normalized spacial score (nSPS) is 19.2. The van der Waals surface area contributed by atoms with E-state index in [2.05, 4.69) is 9.97 Å². The lowest BCUT2D eigenvalue weighted by molar-refractivity contribution is -0.00900. The molecule has 0 spiro atoms. The van der Waals surface area contributed by atoms with Crippen molar-refractivity contribution in [3.05, 3.63) is 27.9 Å². The Labute approximate surface area is 69.6 Å². The minimum Gasteiger partial charge on any atom is -0.364 e. The Hall–Kier alpha value is -1.16. The highest BCUT2D eigenvalue weighted by Crippen LogP contribution is 2.31. The number of aromatic amines is 1. The van der Waals surface area contributed by atoms with Gasteiger partial charge in [0, 0.05) is 0 Å². The first-order valence-electron chi connectivity index (χ1n) is 3.82. The lowest BCUT2D eigenvalue weighted by atomic mass is 10.0. The van der Waals surface area contributed by atoms with Crippen LogP contribution in [-0.2, 0) is 16.9 Å². The average Bonchev–Trinajstić information content (AvgIpc) is 2.29. The molecule has 0 saturated carbocycles. The minimum atomic E-state index is -0.489. The molecular formula is C8H10N2O2. The molecule has 1 aliphatic heterocycles. The van der Waals surface area contributed by atoms with Gasteiger partial charge in [-0.2, -0.15) is 0 Å². The van der Waals surface area contributed by atoms with Crippen molar-refractivity contribution in [1.29, 1.82) is 0 Å². The van der Waals surface area contributed by atoms with Gasteiger partial charge in [-0.05, 0) is 13.8 Å². The Morgan fingerprint density at radius 1 is 1.67 bits per heavy atom. The number of hydrogen-bond acceptors (Lipinski definition) is 3.